The Labute approximate surface area is 245 Å². The third-order valence-corrected chi connectivity index (χ3v) is 8.19. The highest BCUT2D eigenvalue weighted by Crippen LogP contribution is 2.35. The number of carbonyl (C=O) groups is 1. The molecule has 0 atom stereocenters. The number of benzene rings is 3. The molecule has 0 saturated carbocycles. The van der Waals surface area contributed by atoms with Gasteiger partial charge in [0.2, 0.25) is 0 Å². The van der Waals surface area contributed by atoms with E-state index in [1.807, 2.05) is 71.6 Å². The number of amides is 1. The molecule has 1 aliphatic rings. The van der Waals surface area contributed by atoms with Crippen molar-refractivity contribution in [3.63, 3.8) is 0 Å². The van der Waals surface area contributed by atoms with Gasteiger partial charge in [-0.3, -0.25) is 9.69 Å². The minimum Gasteiger partial charge on any atom is -0.489 e. The van der Waals surface area contributed by atoms with Crippen molar-refractivity contribution in [2.24, 2.45) is 0 Å². The zero-order valence-electron chi connectivity index (χ0n) is 22.9. The molecule has 1 fully saturated rings. The van der Waals surface area contributed by atoms with Crippen LogP contribution in [0.3, 0.4) is 0 Å². The summed E-state index contributed by atoms with van der Waals surface area (Å²) < 4.78 is 8.50. The van der Waals surface area contributed by atoms with E-state index in [0.29, 0.717) is 22.4 Å². The average molecular weight is 568 g/mol. The summed E-state index contributed by atoms with van der Waals surface area (Å²) >= 11 is 6.94. The summed E-state index contributed by atoms with van der Waals surface area (Å²) in [6.07, 6.45) is 8.29. The van der Waals surface area contributed by atoms with Crippen LogP contribution in [0.15, 0.2) is 90.0 Å². The summed E-state index contributed by atoms with van der Waals surface area (Å²) in [6, 6.07) is 26.3. The molecule has 3 aromatic carbocycles. The molecule has 0 unspecified atom stereocenters. The monoisotopic (exact) mass is 567 g/mol. The van der Waals surface area contributed by atoms with Gasteiger partial charge in [-0.25, -0.2) is 4.68 Å². The highest BCUT2D eigenvalue weighted by atomic mass is 32.2. The second-order valence-electron chi connectivity index (χ2n) is 9.91. The number of ether oxygens (including phenoxy) is 1. The number of rotatable bonds is 11. The maximum Gasteiger partial charge on any atom is 0.266 e. The van der Waals surface area contributed by atoms with Gasteiger partial charge in [-0.1, -0.05) is 98.2 Å². The summed E-state index contributed by atoms with van der Waals surface area (Å²) in [7, 11) is 0. The van der Waals surface area contributed by atoms with Gasteiger partial charge in [-0.2, -0.15) is 5.10 Å². The highest BCUT2D eigenvalue weighted by molar-refractivity contribution is 8.26. The van der Waals surface area contributed by atoms with E-state index in [2.05, 4.69) is 38.1 Å². The Morgan fingerprint density at radius 3 is 2.42 bits per heavy atom. The van der Waals surface area contributed by atoms with Crippen molar-refractivity contribution >= 4 is 40.3 Å². The van der Waals surface area contributed by atoms with Crippen LogP contribution >= 0.6 is 24.0 Å². The number of carbonyl (C=O) groups excluding carboxylic acids is 1. The minimum atomic E-state index is -0.0234. The van der Waals surface area contributed by atoms with E-state index in [-0.39, 0.29) is 5.91 Å². The molecule has 0 aliphatic carbocycles. The summed E-state index contributed by atoms with van der Waals surface area (Å²) in [5, 5.41) is 4.92. The minimum absolute atomic E-state index is 0.0234. The molecule has 2 heterocycles. The van der Waals surface area contributed by atoms with Gasteiger partial charge in [0.25, 0.3) is 5.91 Å². The van der Waals surface area contributed by atoms with E-state index in [1.165, 1.54) is 23.7 Å². The fraction of sp³-hybridized carbons (Fsp3) is 0.242. The fourth-order valence-corrected chi connectivity index (χ4v) is 5.82. The van der Waals surface area contributed by atoms with E-state index >= 15 is 0 Å². The Bertz CT molecular complexity index is 1490. The number of hydrogen-bond donors (Lipinski definition) is 0. The van der Waals surface area contributed by atoms with Crippen molar-refractivity contribution in [3.05, 3.63) is 107 Å². The lowest BCUT2D eigenvalue weighted by molar-refractivity contribution is -0.122. The third-order valence-electron chi connectivity index (χ3n) is 6.81. The Morgan fingerprint density at radius 2 is 1.70 bits per heavy atom. The Balaban J connectivity index is 1.39. The zero-order chi connectivity index (χ0) is 27.9. The Morgan fingerprint density at radius 1 is 0.950 bits per heavy atom. The van der Waals surface area contributed by atoms with Crippen molar-refractivity contribution in [2.75, 3.05) is 6.54 Å². The Hall–Kier alpha value is -3.68. The van der Waals surface area contributed by atoms with Crippen molar-refractivity contribution in [1.82, 2.24) is 14.7 Å². The van der Waals surface area contributed by atoms with Crippen molar-refractivity contribution in [2.45, 2.75) is 46.1 Å². The van der Waals surface area contributed by atoms with E-state index in [9.17, 15) is 4.79 Å². The highest BCUT2D eigenvalue weighted by Gasteiger charge is 2.32. The topological polar surface area (TPSA) is 47.4 Å². The number of aromatic nitrogens is 2. The molecule has 4 aromatic rings. The quantitative estimate of drug-likeness (QED) is 0.104. The van der Waals surface area contributed by atoms with Crippen LogP contribution in [0.25, 0.3) is 23.0 Å². The molecule has 5 rings (SSSR count). The van der Waals surface area contributed by atoms with Crippen LogP contribution < -0.4 is 4.74 Å². The van der Waals surface area contributed by atoms with Gasteiger partial charge in [0.05, 0.1) is 16.3 Å². The predicted molar refractivity (Wildman–Crippen MR) is 169 cm³/mol. The molecule has 0 bridgehead atoms. The number of nitrogens with zero attached hydrogens (tertiary/aromatic N) is 3. The second kappa shape index (κ2) is 13.1. The standard InChI is InChI=1S/C33H33N3O2S2/c1-3-4-5-9-20-35-32(37)30(40-33(35)39)21-27-22-36(28-10-7-6-8-11-28)34-31(27)26-16-18-29(19-17-26)38-23-25-14-12-24(2)13-15-25/h6-8,10-19,21-22H,3-5,9,20,23H2,1-2H3/b30-21-. The van der Waals surface area contributed by atoms with Crippen molar-refractivity contribution < 1.29 is 9.53 Å². The molecule has 0 N–H and O–H groups in total. The number of unbranched alkanes of at least 4 members (excludes halogenated alkanes) is 3. The third kappa shape index (κ3) is 6.72. The molecule has 204 valence electrons. The van der Waals surface area contributed by atoms with Gasteiger partial charge in [0.15, 0.2) is 0 Å². The van der Waals surface area contributed by atoms with Gasteiger partial charge in [-0.05, 0) is 61.4 Å². The maximum atomic E-state index is 13.3. The van der Waals surface area contributed by atoms with Gasteiger partial charge in [0, 0.05) is 23.9 Å². The zero-order valence-corrected chi connectivity index (χ0v) is 24.5. The van der Waals surface area contributed by atoms with Gasteiger partial charge < -0.3 is 4.74 Å². The van der Waals surface area contributed by atoms with Crippen LogP contribution in [-0.2, 0) is 11.4 Å². The van der Waals surface area contributed by atoms with Crippen LogP contribution in [0.5, 0.6) is 5.75 Å². The van der Waals surface area contributed by atoms with Crippen molar-refractivity contribution in [3.8, 4) is 22.7 Å². The molecule has 7 heteroatoms. The van der Waals surface area contributed by atoms with Gasteiger partial charge in [-0.15, -0.1) is 0 Å². The van der Waals surface area contributed by atoms with E-state index in [4.69, 9.17) is 22.1 Å². The van der Waals surface area contributed by atoms with Crippen LogP contribution in [0.1, 0.15) is 49.3 Å². The normalized spacial score (nSPS) is 14.3. The van der Waals surface area contributed by atoms with E-state index < -0.39 is 0 Å². The Kier molecular flexibility index (Phi) is 9.14. The molecule has 5 nitrogen and oxygen atoms in total. The largest absolute Gasteiger partial charge is 0.489 e. The van der Waals surface area contributed by atoms with Crippen molar-refractivity contribution in [1.29, 1.82) is 0 Å². The molecule has 1 saturated heterocycles. The summed E-state index contributed by atoms with van der Waals surface area (Å²) in [5.41, 5.74) is 5.91. The van der Waals surface area contributed by atoms with Gasteiger partial charge >= 0.3 is 0 Å². The molecule has 0 spiro atoms. The van der Waals surface area contributed by atoms with Crippen LogP contribution in [0.2, 0.25) is 0 Å². The first-order valence-electron chi connectivity index (χ1n) is 13.7. The van der Waals surface area contributed by atoms with Crippen LogP contribution in [0, 0.1) is 6.92 Å². The molecule has 40 heavy (non-hydrogen) atoms. The number of thioether (sulfide) groups is 1. The van der Waals surface area contributed by atoms with Gasteiger partial charge in [0.1, 0.15) is 16.7 Å². The molecule has 0 radical (unpaired) electrons. The fourth-order valence-electron chi connectivity index (χ4n) is 4.52. The first-order valence-corrected chi connectivity index (χ1v) is 14.9. The first-order chi connectivity index (χ1) is 19.5. The van der Waals surface area contributed by atoms with Crippen LogP contribution in [-0.4, -0.2) is 31.5 Å². The lowest BCUT2D eigenvalue weighted by Gasteiger charge is -2.13. The second-order valence-corrected chi connectivity index (χ2v) is 11.6. The maximum absolute atomic E-state index is 13.3. The lowest BCUT2D eigenvalue weighted by Crippen LogP contribution is -2.29. The molecule has 1 aromatic heterocycles. The SMILES string of the molecule is CCCCCCN1C(=O)/C(=C/c2cn(-c3ccccc3)nc2-c2ccc(OCc3ccc(C)cc3)cc2)SC1=S. The lowest BCUT2D eigenvalue weighted by atomic mass is 10.1. The van der Waals surface area contributed by atoms with Crippen LogP contribution in [0.4, 0.5) is 0 Å². The number of hydrogen-bond acceptors (Lipinski definition) is 5. The first kappa shape index (κ1) is 27.9. The number of thiocarbonyl (C=S) groups is 1. The summed E-state index contributed by atoms with van der Waals surface area (Å²) in [6.45, 7) is 5.43. The number of para-hydroxylation sites is 1. The molecule has 1 amide bonds. The molecule has 1 aliphatic heterocycles. The molecular weight excluding hydrogens is 535 g/mol. The summed E-state index contributed by atoms with van der Waals surface area (Å²) in [5.74, 6) is 0.766. The molecular formula is C33H33N3O2S2. The smallest absolute Gasteiger partial charge is 0.266 e. The number of aryl methyl sites for hydroxylation is 1. The van der Waals surface area contributed by atoms with E-state index in [1.54, 1.807) is 4.90 Å². The van der Waals surface area contributed by atoms with E-state index in [0.717, 1.165) is 53.1 Å². The average Bonchev–Trinajstić information content (AvgIpc) is 3.52. The predicted octanol–water partition coefficient (Wildman–Crippen LogP) is 8.21. The summed E-state index contributed by atoms with van der Waals surface area (Å²) in [4.78, 5) is 15.6.